The third-order valence-electron chi connectivity index (χ3n) is 8.50. The SMILES string of the molecule is Cc1ccc(S(=O)(=O)N2c3ccc(C(O)(C(F)(F)F)C(F)(F)F)cc3CC[C@H]2CC(=O)NC2CN(C)c3ccccc3C2O)cc1. The molecule has 3 atom stereocenters. The van der Waals surface area contributed by atoms with Gasteiger partial charge < -0.3 is 20.4 Å². The average Bonchev–Trinajstić information content (AvgIpc) is 2.98. The first-order valence-corrected chi connectivity index (χ1v) is 15.7. The zero-order valence-electron chi connectivity index (χ0n) is 24.6. The number of sulfonamides is 1. The molecule has 3 aromatic rings. The maximum absolute atomic E-state index is 14.0. The van der Waals surface area contributed by atoms with Gasteiger partial charge in [0.1, 0.15) is 6.10 Å². The van der Waals surface area contributed by atoms with E-state index in [1.165, 1.54) is 24.3 Å². The Kier molecular flexibility index (Phi) is 8.58. The maximum atomic E-state index is 14.0. The molecule has 1 amide bonds. The highest BCUT2D eigenvalue weighted by Gasteiger charge is 2.71. The fraction of sp³-hybridized carbons (Fsp3) is 0.387. The summed E-state index contributed by atoms with van der Waals surface area (Å²) in [6, 6.07) is 12.6. The van der Waals surface area contributed by atoms with Crippen LogP contribution in [0, 0.1) is 6.92 Å². The largest absolute Gasteiger partial charge is 0.430 e. The van der Waals surface area contributed by atoms with Crippen LogP contribution in [0.1, 0.15) is 41.2 Å². The number of nitrogens with one attached hydrogen (secondary N) is 1. The number of aryl methyl sites for hydroxylation is 2. The van der Waals surface area contributed by atoms with Gasteiger partial charge in [0.25, 0.3) is 15.6 Å². The fourth-order valence-corrected chi connectivity index (χ4v) is 7.80. The van der Waals surface area contributed by atoms with E-state index in [0.29, 0.717) is 17.7 Å². The molecule has 2 unspecified atom stereocenters. The molecule has 3 N–H and O–H groups in total. The molecule has 248 valence electrons. The minimum Gasteiger partial charge on any atom is -0.386 e. The van der Waals surface area contributed by atoms with Crippen molar-refractivity contribution in [1.82, 2.24) is 5.32 Å². The molecule has 5 rings (SSSR count). The summed E-state index contributed by atoms with van der Waals surface area (Å²) in [5, 5.41) is 23.7. The number of benzene rings is 3. The van der Waals surface area contributed by atoms with Gasteiger partial charge in [0.2, 0.25) is 5.91 Å². The summed E-state index contributed by atoms with van der Waals surface area (Å²) in [6.07, 6.45) is -14.1. The Bertz CT molecular complexity index is 1720. The predicted octanol–water partition coefficient (Wildman–Crippen LogP) is 4.88. The number of hydrogen-bond donors (Lipinski definition) is 3. The van der Waals surface area contributed by atoms with Gasteiger partial charge in [-0.25, -0.2) is 8.42 Å². The van der Waals surface area contributed by atoms with Gasteiger partial charge in [-0.15, -0.1) is 0 Å². The van der Waals surface area contributed by atoms with Crippen LogP contribution in [0.2, 0.25) is 0 Å². The second-order valence-electron chi connectivity index (χ2n) is 11.6. The number of aliphatic hydroxyl groups excluding tert-OH is 1. The Morgan fingerprint density at radius 2 is 1.59 bits per heavy atom. The van der Waals surface area contributed by atoms with Gasteiger partial charge in [-0.3, -0.25) is 9.10 Å². The number of rotatable bonds is 6. The number of fused-ring (bicyclic) bond motifs is 2. The molecule has 2 aliphatic heterocycles. The molecule has 46 heavy (non-hydrogen) atoms. The Labute approximate surface area is 261 Å². The van der Waals surface area contributed by atoms with Crippen molar-refractivity contribution in [3.63, 3.8) is 0 Å². The predicted molar refractivity (Wildman–Crippen MR) is 157 cm³/mol. The number of anilines is 2. The highest BCUT2D eigenvalue weighted by Crippen LogP contribution is 2.51. The van der Waals surface area contributed by atoms with E-state index < -0.39 is 64.1 Å². The van der Waals surface area contributed by atoms with Crippen molar-refractivity contribution in [2.75, 3.05) is 22.8 Å². The minimum absolute atomic E-state index is 0.138. The van der Waals surface area contributed by atoms with Crippen molar-refractivity contribution in [3.8, 4) is 0 Å². The third kappa shape index (κ3) is 5.79. The molecule has 2 aliphatic rings. The number of para-hydroxylation sites is 1. The zero-order valence-corrected chi connectivity index (χ0v) is 25.4. The topological polar surface area (TPSA) is 110 Å². The first-order chi connectivity index (χ1) is 21.4. The highest BCUT2D eigenvalue weighted by molar-refractivity contribution is 7.92. The summed E-state index contributed by atoms with van der Waals surface area (Å²) in [7, 11) is -2.71. The van der Waals surface area contributed by atoms with E-state index in [-0.39, 0.29) is 35.5 Å². The molecular formula is C31H31F6N3O5S. The van der Waals surface area contributed by atoms with Crippen LogP contribution in [0.15, 0.2) is 71.6 Å². The van der Waals surface area contributed by atoms with E-state index in [9.17, 15) is 49.8 Å². The van der Waals surface area contributed by atoms with Crippen LogP contribution in [0.25, 0.3) is 0 Å². The number of halogens is 6. The van der Waals surface area contributed by atoms with Crippen LogP contribution < -0.4 is 14.5 Å². The normalized spacial score (nSPS) is 20.6. The van der Waals surface area contributed by atoms with E-state index in [1.54, 1.807) is 32.2 Å². The Hall–Kier alpha value is -3.82. The molecule has 8 nitrogen and oxygen atoms in total. The molecule has 0 fully saturated rings. The number of carbonyl (C=O) groups is 1. The Morgan fingerprint density at radius 3 is 2.22 bits per heavy atom. The third-order valence-corrected chi connectivity index (χ3v) is 10.4. The quantitative estimate of drug-likeness (QED) is 0.323. The van der Waals surface area contributed by atoms with Gasteiger partial charge in [-0.1, -0.05) is 48.0 Å². The van der Waals surface area contributed by atoms with Crippen LogP contribution in [0.5, 0.6) is 0 Å². The van der Waals surface area contributed by atoms with E-state index in [4.69, 9.17) is 0 Å². The van der Waals surface area contributed by atoms with Crippen LogP contribution in [0.3, 0.4) is 0 Å². The van der Waals surface area contributed by atoms with Gasteiger partial charge >= 0.3 is 12.4 Å². The minimum atomic E-state index is -6.12. The number of carbonyl (C=O) groups excluding carboxylic acids is 1. The van der Waals surface area contributed by atoms with Crippen LogP contribution >= 0.6 is 0 Å². The molecule has 0 aliphatic carbocycles. The molecule has 0 radical (unpaired) electrons. The summed E-state index contributed by atoms with van der Waals surface area (Å²) in [5.74, 6) is -0.616. The smallest absolute Gasteiger partial charge is 0.386 e. The van der Waals surface area contributed by atoms with Crippen molar-refractivity contribution in [2.24, 2.45) is 0 Å². The number of hydrogen-bond acceptors (Lipinski definition) is 6. The lowest BCUT2D eigenvalue weighted by atomic mass is 9.87. The van der Waals surface area contributed by atoms with Crippen molar-refractivity contribution in [1.29, 1.82) is 0 Å². The van der Waals surface area contributed by atoms with Crippen molar-refractivity contribution < 1.29 is 49.8 Å². The first kappa shape index (κ1) is 33.5. The maximum Gasteiger partial charge on any atom is 0.430 e. The lowest BCUT2D eigenvalue weighted by molar-refractivity contribution is -0.376. The number of likely N-dealkylation sites (N-methyl/N-ethyl adjacent to an activating group) is 1. The summed E-state index contributed by atoms with van der Waals surface area (Å²) in [6.45, 7) is 1.96. The van der Waals surface area contributed by atoms with Gasteiger partial charge in [0, 0.05) is 36.8 Å². The van der Waals surface area contributed by atoms with Crippen molar-refractivity contribution in [3.05, 3.63) is 89.0 Å². The van der Waals surface area contributed by atoms with Crippen LogP contribution in [0.4, 0.5) is 37.7 Å². The number of aliphatic hydroxyl groups is 2. The summed E-state index contributed by atoms with van der Waals surface area (Å²) in [4.78, 5) is 15.0. The van der Waals surface area contributed by atoms with E-state index in [2.05, 4.69) is 5.32 Å². The van der Waals surface area contributed by atoms with E-state index >= 15 is 0 Å². The summed E-state index contributed by atoms with van der Waals surface area (Å²) in [5.41, 5.74) is -5.00. The van der Waals surface area contributed by atoms with Gasteiger partial charge in [-0.05, 0) is 49.6 Å². The molecule has 0 saturated heterocycles. The number of nitrogens with zero attached hydrogens (tertiary/aromatic N) is 2. The Balaban J connectivity index is 1.50. The molecule has 2 heterocycles. The van der Waals surface area contributed by atoms with E-state index in [1.807, 2.05) is 11.0 Å². The lowest BCUT2D eigenvalue weighted by Gasteiger charge is -2.40. The van der Waals surface area contributed by atoms with Crippen molar-refractivity contribution in [2.45, 2.75) is 67.2 Å². The highest BCUT2D eigenvalue weighted by atomic mass is 32.2. The van der Waals surface area contributed by atoms with Gasteiger partial charge in [0.15, 0.2) is 0 Å². The second kappa shape index (κ2) is 11.8. The van der Waals surface area contributed by atoms with E-state index in [0.717, 1.165) is 21.6 Å². The molecular weight excluding hydrogens is 640 g/mol. The molecule has 0 aromatic heterocycles. The summed E-state index contributed by atoms with van der Waals surface area (Å²) >= 11 is 0. The molecule has 0 bridgehead atoms. The van der Waals surface area contributed by atoms with Gasteiger partial charge in [-0.2, -0.15) is 26.3 Å². The second-order valence-corrected chi connectivity index (χ2v) is 13.4. The average molecular weight is 672 g/mol. The fourth-order valence-electron chi connectivity index (χ4n) is 6.08. The monoisotopic (exact) mass is 671 g/mol. The molecule has 0 spiro atoms. The Morgan fingerprint density at radius 1 is 0.957 bits per heavy atom. The standard InChI is InChI=1S/C31H31F6N3O5S/c1-18-7-12-22(13-8-18)46(44,45)40-21(16-27(41)38-24-17-39(2)26-6-4-3-5-23(26)28(24)42)11-9-19-15-20(10-14-25(19)40)29(43,30(32,33)34)31(35,36)37/h3-8,10,12-15,21,24,28,42-43H,9,11,16-17H2,1-2H3,(H,38,41)/t21-,24?,28?/m0/s1. The number of amides is 1. The van der Waals surface area contributed by atoms with Crippen LogP contribution in [-0.4, -0.2) is 62.6 Å². The first-order valence-electron chi connectivity index (χ1n) is 14.2. The van der Waals surface area contributed by atoms with Gasteiger partial charge in [0.05, 0.1) is 22.7 Å². The summed E-state index contributed by atoms with van der Waals surface area (Å²) < 4.78 is 111. The lowest BCUT2D eigenvalue weighted by Crippen LogP contribution is -2.54. The zero-order chi connectivity index (χ0) is 33.8. The van der Waals surface area contributed by atoms with Crippen LogP contribution in [-0.2, 0) is 26.8 Å². The molecule has 15 heteroatoms. The molecule has 0 saturated carbocycles. The molecule has 3 aromatic carbocycles. The van der Waals surface area contributed by atoms with Crippen molar-refractivity contribution >= 4 is 27.3 Å². The number of alkyl halides is 6.